The van der Waals surface area contributed by atoms with Crippen LogP contribution in [0.1, 0.15) is 5.56 Å². The molecule has 0 N–H and O–H groups in total. The van der Waals surface area contributed by atoms with Crippen molar-refractivity contribution in [2.45, 2.75) is 6.18 Å². The number of hydrogen-bond acceptors (Lipinski definition) is 3. The molecule has 0 aliphatic carbocycles. The Bertz CT molecular complexity index is 994. The van der Waals surface area contributed by atoms with Crippen molar-refractivity contribution in [1.29, 1.82) is 0 Å². The summed E-state index contributed by atoms with van der Waals surface area (Å²) in [5, 5.41) is -0.442. The molecule has 0 aliphatic heterocycles. The number of anilines is 1. The van der Waals surface area contributed by atoms with Crippen LogP contribution in [0.5, 0.6) is 5.75 Å². The second kappa shape index (κ2) is 7.90. The lowest BCUT2D eigenvalue weighted by Gasteiger charge is -2.19. The van der Waals surface area contributed by atoms with Crippen molar-refractivity contribution in [3.63, 3.8) is 0 Å². The van der Waals surface area contributed by atoms with Gasteiger partial charge in [0.05, 0.1) is 10.6 Å². The fraction of sp³-hybridized carbons (Fsp3) is 0.100. The highest BCUT2D eigenvalue weighted by atomic mass is 35.5. The minimum atomic E-state index is -4.63. The maximum atomic E-state index is 13.0. The van der Waals surface area contributed by atoms with Crippen LogP contribution >= 0.6 is 11.6 Å². The lowest BCUT2D eigenvalue weighted by Crippen LogP contribution is -2.29. The molecule has 4 nitrogen and oxygen atoms in total. The first-order valence-corrected chi connectivity index (χ1v) is 8.46. The zero-order valence-corrected chi connectivity index (χ0v) is 15.3. The summed E-state index contributed by atoms with van der Waals surface area (Å²) in [6.45, 7) is 0. The molecule has 1 amide bonds. The molecule has 3 aromatic rings. The fourth-order valence-corrected chi connectivity index (χ4v) is 2.72. The lowest BCUT2D eigenvalue weighted by molar-refractivity contribution is -0.137. The molecule has 1 aromatic heterocycles. The molecule has 0 bridgehead atoms. The molecule has 2 aromatic carbocycles. The first-order valence-electron chi connectivity index (χ1n) is 8.08. The summed E-state index contributed by atoms with van der Waals surface area (Å²) in [6.07, 6.45) is -2.18. The number of ether oxygens (including phenoxy) is 1. The van der Waals surface area contributed by atoms with Gasteiger partial charge in [0, 0.05) is 25.1 Å². The van der Waals surface area contributed by atoms with E-state index in [9.17, 15) is 18.0 Å². The van der Waals surface area contributed by atoms with Crippen LogP contribution in [0.2, 0.25) is 5.02 Å². The average Bonchev–Trinajstić information content (AvgIpc) is 2.68. The number of amides is 1. The summed E-state index contributed by atoms with van der Waals surface area (Å²) in [5.41, 5.74) is 0.674. The van der Waals surface area contributed by atoms with E-state index in [-0.39, 0.29) is 11.4 Å². The van der Waals surface area contributed by atoms with Crippen LogP contribution in [-0.2, 0) is 6.18 Å². The van der Waals surface area contributed by atoms with E-state index in [1.807, 2.05) is 6.07 Å². The summed E-state index contributed by atoms with van der Waals surface area (Å²) in [5.74, 6) is 0.260. The van der Waals surface area contributed by atoms with Crippen molar-refractivity contribution in [1.82, 2.24) is 4.98 Å². The third-order valence-electron chi connectivity index (χ3n) is 3.97. The normalized spacial score (nSPS) is 11.2. The van der Waals surface area contributed by atoms with Crippen molar-refractivity contribution >= 4 is 23.4 Å². The maximum absolute atomic E-state index is 13.0. The van der Waals surface area contributed by atoms with Crippen LogP contribution in [0.3, 0.4) is 0 Å². The van der Waals surface area contributed by atoms with Crippen LogP contribution in [0.25, 0.3) is 11.1 Å². The van der Waals surface area contributed by atoms with Crippen molar-refractivity contribution in [3.05, 3.63) is 77.6 Å². The second-order valence-electron chi connectivity index (χ2n) is 5.85. The van der Waals surface area contributed by atoms with Gasteiger partial charge in [-0.15, -0.1) is 0 Å². The van der Waals surface area contributed by atoms with Gasteiger partial charge in [-0.2, -0.15) is 13.2 Å². The molecule has 0 radical (unpaired) electrons. The Morgan fingerprint density at radius 2 is 1.75 bits per heavy atom. The number of pyridine rings is 1. The molecule has 0 spiro atoms. The van der Waals surface area contributed by atoms with Gasteiger partial charge >= 0.3 is 12.3 Å². The number of halogens is 4. The number of hydrogen-bond donors (Lipinski definition) is 0. The van der Waals surface area contributed by atoms with E-state index in [1.165, 1.54) is 13.1 Å². The fourth-order valence-electron chi connectivity index (χ4n) is 2.50. The smallest absolute Gasteiger partial charge is 0.410 e. The third-order valence-corrected chi connectivity index (χ3v) is 4.30. The predicted octanol–water partition coefficient (Wildman–Crippen LogP) is 6.06. The van der Waals surface area contributed by atoms with Gasteiger partial charge in [0.2, 0.25) is 0 Å². The van der Waals surface area contributed by atoms with Crippen molar-refractivity contribution in [2.24, 2.45) is 0 Å². The highest BCUT2D eigenvalue weighted by Crippen LogP contribution is 2.37. The molecule has 144 valence electrons. The Morgan fingerprint density at radius 1 is 1.04 bits per heavy atom. The summed E-state index contributed by atoms with van der Waals surface area (Å²) >= 11 is 5.61. The van der Waals surface area contributed by atoms with Crippen LogP contribution in [0.15, 0.2) is 67.0 Å². The van der Waals surface area contributed by atoms with Crippen LogP contribution in [0, 0.1) is 0 Å². The van der Waals surface area contributed by atoms with Gasteiger partial charge in [-0.3, -0.25) is 9.88 Å². The van der Waals surface area contributed by atoms with Gasteiger partial charge in [0.1, 0.15) is 5.75 Å². The summed E-state index contributed by atoms with van der Waals surface area (Å²) in [4.78, 5) is 17.3. The minimum Gasteiger partial charge on any atom is -0.410 e. The number of carbonyl (C=O) groups excluding carboxylic acids is 1. The van der Waals surface area contributed by atoms with Gasteiger partial charge in [-0.25, -0.2) is 4.79 Å². The van der Waals surface area contributed by atoms with Crippen molar-refractivity contribution in [3.8, 4) is 16.9 Å². The van der Waals surface area contributed by atoms with Crippen molar-refractivity contribution < 1.29 is 22.7 Å². The van der Waals surface area contributed by atoms with Gasteiger partial charge in [0.15, 0.2) is 0 Å². The average molecular weight is 407 g/mol. The number of aromatic nitrogens is 1. The first kappa shape index (κ1) is 19.7. The number of alkyl halides is 3. The lowest BCUT2D eigenvalue weighted by atomic mass is 10.1. The SMILES string of the molecule is CN(C(=O)Oc1cccc(-c2ccncc2)c1)c1ccc(Cl)c(C(F)(F)F)c1. The monoisotopic (exact) mass is 406 g/mol. The molecule has 8 heteroatoms. The molecule has 0 atom stereocenters. The Labute approximate surface area is 164 Å². The van der Waals surface area contributed by atoms with Gasteiger partial charge in [0.25, 0.3) is 0 Å². The molecule has 0 fully saturated rings. The second-order valence-corrected chi connectivity index (χ2v) is 6.26. The van der Waals surface area contributed by atoms with E-state index < -0.39 is 22.9 Å². The number of carbonyl (C=O) groups is 1. The van der Waals surface area contributed by atoms with E-state index in [2.05, 4.69) is 4.98 Å². The van der Waals surface area contributed by atoms with E-state index in [1.54, 1.807) is 42.7 Å². The summed E-state index contributed by atoms with van der Waals surface area (Å²) in [6, 6.07) is 13.6. The van der Waals surface area contributed by atoms with Crippen LogP contribution in [-0.4, -0.2) is 18.1 Å². The van der Waals surface area contributed by atoms with Gasteiger partial charge in [-0.1, -0.05) is 23.7 Å². The summed E-state index contributed by atoms with van der Waals surface area (Å²) in [7, 11) is 1.32. The van der Waals surface area contributed by atoms with E-state index >= 15 is 0 Å². The Balaban J connectivity index is 1.80. The third kappa shape index (κ3) is 4.43. The zero-order chi connectivity index (χ0) is 20.3. The Morgan fingerprint density at radius 3 is 2.43 bits per heavy atom. The molecule has 3 rings (SSSR count). The van der Waals surface area contributed by atoms with Crippen molar-refractivity contribution in [2.75, 3.05) is 11.9 Å². The predicted molar refractivity (Wildman–Crippen MR) is 101 cm³/mol. The molecule has 0 aliphatic rings. The molecular weight excluding hydrogens is 393 g/mol. The molecular formula is C20H14ClF3N2O2. The number of nitrogens with zero attached hydrogens (tertiary/aromatic N) is 2. The highest BCUT2D eigenvalue weighted by molar-refractivity contribution is 6.31. The largest absolute Gasteiger partial charge is 0.419 e. The topological polar surface area (TPSA) is 42.4 Å². The molecule has 0 saturated heterocycles. The molecule has 0 unspecified atom stereocenters. The maximum Gasteiger partial charge on any atom is 0.419 e. The highest BCUT2D eigenvalue weighted by Gasteiger charge is 2.34. The Kier molecular flexibility index (Phi) is 5.56. The number of rotatable bonds is 3. The van der Waals surface area contributed by atoms with E-state index in [0.717, 1.165) is 28.2 Å². The minimum absolute atomic E-state index is 0.00649. The molecule has 1 heterocycles. The van der Waals surface area contributed by atoms with Crippen LogP contribution in [0.4, 0.5) is 23.7 Å². The standard InChI is InChI=1S/C20H14ClF3N2O2/c1-26(15-5-6-18(21)17(12-15)20(22,23)24)19(27)28-16-4-2-3-14(11-16)13-7-9-25-10-8-13/h2-12H,1H3. The Hall–Kier alpha value is -3.06. The number of benzene rings is 2. The quantitative estimate of drug-likeness (QED) is 0.531. The van der Waals surface area contributed by atoms with E-state index in [4.69, 9.17) is 16.3 Å². The summed E-state index contributed by atoms with van der Waals surface area (Å²) < 4.78 is 44.4. The zero-order valence-electron chi connectivity index (χ0n) is 14.6. The van der Waals surface area contributed by atoms with E-state index in [0.29, 0.717) is 0 Å². The van der Waals surface area contributed by atoms with Crippen LogP contribution < -0.4 is 9.64 Å². The first-order chi connectivity index (χ1) is 13.3. The molecule has 28 heavy (non-hydrogen) atoms. The van der Waals surface area contributed by atoms with Gasteiger partial charge in [-0.05, 0) is 53.6 Å². The molecule has 0 saturated carbocycles. The van der Waals surface area contributed by atoms with Gasteiger partial charge < -0.3 is 4.74 Å².